The molecule has 1 aliphatic carbocycles. The number of aliphatic hydroxyl groups is 1. The second-order valence-corrected chi connectivity index (χ2v) is 12.7. The van der Waals surface area contributed by atoms with Crippen LogP contribution in [-0.4, -0.2) is 69.3 Å². The van der Waals surface area contributed by atoms with E-state index in [1.165, 1.54) is 12.3 Å². The largest absolute Gasteiger partial charge is 0.471 e. The minimum Gasteiger partial charge on any atom is -0.471 e. The minimum atomic E-state index is -1.65. The Hall–Kier alpha value is -3.95. The quantitative estimate of drug-likeness (QED) is 0.170. The van der Waals surface area contributed by atoms with Gasteiger partial charge in [-0.3, -0.25) is 9.78 Å². The Morgan fingerprint density at radius 2 is 1.93 bits per heavy atom. The fraction of sp³-hybridized carbons (Fsp3) is 0.429. The smallest absolute Gasteiger partial charge is 0.255 e. The van der Waals surface area contributed by atoms with E-state index in [-0.39, 0.29) is 18.4 Å². The van der Waals surface area contributed by atoms with E-state index in [4.69, 9.17) is 15.5 Å². The van der Waals surface area contributed by atoms with Crippen LogP contribution in [0.5, 0.6) is 5.88 Å². The predicted molar refractivity (Wildman–Crippen MR) is 169 cm³/mol. The summed E-state index contributed by atoms with van der Waals surface area (Å²) in [4.78, 5) is 25.9. The van der Waals surface area contributed by atoms with Crippen LogP contribution in [0.2, 0.25) is 0 Å². The molecule has 0 radical (unpaired) electrons. The number of hydrogen-bond donors (Lipinski definition) is 2. The molecule has 1 unspecified atom stereocenters. The molecule has 44 heavy (non-hydrogen) atoms. The second kappa shape index (κ2) is 13.4. The number of pyridine rings is 3. The van der Waals surface area contributed by atoms with Gasteiger partial charge < -0.3 is 20.1 Å². The lowest BCUT2D eigenvalue weighted by atomic mass is 9.71. The van der Waals surface area contributed by atoms with Gasteiger partial charge in [0.1, 0.15) is 19.2 Å². The van der Waals surface area contributed by atoms with E-state index in [1.54, 1.807) is 12.3 Å². The molecule has 9 heteroatoms. The molecule has 3 atom stereocenters. The summed E-state index contributed by atoms with van der Waals surface area (Å²) < 4.78 is 19.9. The highest BCUT2D eigenvalue weighted by Crippen LogP contribution is 2.39. The van der Waals surface area contributed by atoms with Gasteiger partial charge in [-0.05, 0) is 79.3 Å². The van der Waals surface area contributed by atoms with Crippen LogP contribution >= 0.6 is 0 Å². The molecule has 1 saturated carbocycles. The number of nitrogens with zero attached hydrogens (tertiary/aromatic N) is 4. The number of fused-ring (bicyclic) bond motifs is 1. The predicted octanol–water partition coefficient (Wildman–Crippen LogP) is 5.26. The standard InChI is InChI=1S/C35H42FN5O3/c1-4-5-9-28-20-26-8-6-7-10-29(26)33(40-28)44-18-17-41(2,3)31-15-12-24(21-35(31,43)34(37)42)19-25-11-14-30(38-22-25)27-13-16-32(36)39-23-27/h6-8,10-11,13-14,16,20,22-24,31,43H,4-5,9,12,15,17-19,21H2,1-3H3,(H-,37,42)/p+1/t24?,31-,35-/m0/s1. The van der Waals surface area contributed by atoms with E-state index >= 15 is 0 Å². The Morgan fingerprint density at radius 1 is 1.11 bits per heavy atom. The number of unbranched alkanes of at least 4 members (excludes halogenated alkanes) is 1. The Bertz CT molecular complexity index is 1580. The van der Waals surface area contributed by atoms with Crippen LogP contribution in [0.15, 0.2) is 67.0 Å². The summed E-state index contributed by atoms with van der Waals surface area (Å²) in [6.45, 7) is 3.13. The van der Waals surface area contributed by atoms with Crippen molar-refractivity contribution >= 4 is 16.7 Å². The zero-order valence-corrected chi connectivity index (χ0v) is 25.9. The van der Waals surface area contributed by atoms with Crippen LogP contribution in [0.25, 0.3) is 22.0 Å². The first-order valence-electron chi connectivity index (χ1n) is 15.5. The molecule has 1 fully saturated rings. The highest BCUT2D eigenvalue weighted by atomic mass is 19.1. The van der Waals surface area contributed by atoms with Gasteiger partial charge in [-0.25, -0.2) is 9.97 Å². The number of amides is 1. The number of rotatable bonds is 12. The maximum Gasteiger partial charge on any atom is 0.255 e. The number of halogens is 1. The number of aromatic nitrogens is 3. The zero-order valence-electron chi connectivity index (χ0n) is 25.9. The fourth-order valence-electron chi connectivity index (χ4n) is 6.60. The zero-order chi connectivity index (χ0) is 31.3. The van der Waals surface area contributed by atoms with Crippen molar-refractivity contribution in [3.05, 3.63) is 84.2 Å². The Labute approximate surface area is 258 Å². The molecule has 1 aliphatic rings. The average Bonchev–Trinajstić information content (AvgIpc) is 3.00. The van der Waals surface area contributed by atoms with Crippen molar-refractivity contribution in [1.82, 2.24) is 15.0 Å². The number of aryl methyl sites for hydroxylation is 1. The summed E-state index contributed by atoms with van der Waals surface area (Å²) >= 11 is 0. The van der Waals surface area contributed by atoms with Gasteiger partial charge in [-0.1, -0.05) is 37.6 Å². The molecule has 3 N–H and O–H groups in total. The van der Waals surface area contributed by atoms with Gasteiger partial charge in [-0.15, -0.1) is 0 Å². The first-order chi connectivity index (χ1) is 21.1. The molecule has 0 spiro atoms. The van der Waals surface area contributed by atoms with Crippen molar-refractivity contribution in [3.63, 3.8) is 0 Å². The molecule has 0 saturated heterocycles. The third kappa shape index (κ3) is 7.05. The number of ether oxygens (including phenoxy) is 1. The van der Waals surface area contributed by atoms with Gasteiger partial charge in [-0.2, -0.15) is 4.39 Å². The number of quaternary nitrogens is 1. The topological polar surface area (TPSA) is 111 Å². The van der Waals surface area contributed by atoms with Crippen molar-refractivity contribution in [2.45, 2.75) is 63.5 Å². The summed E-state index contributed by atoms with van der Waals surface area (Å²) in [5.41, 5.74) is 7.71. The molecule has 8 nitrogen and oxygen atoms in total. The maximum atomic E-state index is 13.2. The number of benzene rings is 1. The van der Waals surface area contributed by atoms with Crippen LogP contribution < -0.4 is 10.5 Å². The number of nitrogens with two attached hydrogens (primary N) is 1. The van der Waals surface area contributed by atoms with E-state index in [0.717, 1.165) is 53.3 Å². The Balaban J connectivity index is 1.24. The summed E-state index contributed by atoms with van der Waals surface area (Å²) in [5.74, 6) is -0.525. The SMILES string of the molecule is CCCCc1cc2ccccc2c(OCC[N+](C)(C)[C@H]2CCC(Cc3ccc(-c4ccc(F)nc4)nc3)C[C@@]2(O)C(N)=O)n1. The van der Waals surface area contributed by atoms with E-state index in [9.17, 15) is 14.3 Å². The molecule has 5 rings (SSSR count). The van der Waals surface area contributed by atoms with Crippen LogP contribution in [0.4, 0.5) is 4.39 Å². The van der Waals surface area contributed by atoms with Crippen molar-refractivity contribution in [2.75, 3.05) is 27.2 Å². The highest BCUT2D eigenvalue weighted by molar-refractivity contribution is 5.87. The van der Waals surface area contributed by atoms with Gasteiger partial charge in [0.25, 0.3) is 5.91 Å². The van der Waals surface area contributed by atoms with Crippen molar-refractivity contribution in [3.8, 4) is 17.1 Å². The first kappa shape index (κ1) is 31.5. The summed E-state index contributed by atoms with van der Waals surface area (Å²) in [7, 11) is 4.05. The molecule has 0 aliphatic heterocycles. The Kier molecular flexibility index (Phi) is 9.56. The van der Waals surface area contributed by atoms with E-state index in [1.807, 2.05) is 44.4 Å². The number of carbonyl (C=O) groups is 1. The normalized spacial score (nSPS) is 20.5. The van der Waals surface area contributed by atoms with E-state index in [2.05, 4.69) is 29.0 Å². The Morgan fingerprint density at radius 3 is 2.64 bits per heavy atom. The molecule has 4 aromatic rings. The number of primary amides is 1. The van der Waals surface area contributed by atoms with Crippen LogP contribution in [0.1, 0.15) is 50.3 Å². The van der Waals surface area contributed by atoms with Gasteiger partial charge in [0.15, 0.2) is 5.60 Å². The van der Waals surface area contributed by atoms with Crippen molar-refractivity contribution in [1.29, 1.82) is 0 Å². The summed E-state index contributed by atoms with van der Waals surface area (Å²) in [6.07, 6.45) is 8.76. The van der Waals surface area contributed by atoms with Gasteiger partial charge >= 0.3 is 0 Å². The van der Waals surface area contributed by atoms with Crippen molar-refractivity contribution < 1.29 is 23.5 Å². The van der Waals surface area contributed by atoms with E-state index < -0.39 is 17.5 Å². The molecule has 1 amide bonds. The summed E-state index contributed by atoms with van der Waals surface area (Å²) in [6, 6.07) is 16.7. The second-order valence-electron chi connectivity index (χ2n) is 12.7. The first-order valence-corrected chi connectivity index (χ1v) is 15.5. The summed E-state index contributed by atoms with van der Waals surface area (Å²) in [5, 5.41) is 13.9. The monoisotopic (exact) mass is 600 g/mol. The van der Waals surface area contributed by atoms with Crippen LogP contribution in [-0.2, 0) is 17.6 Å². The number of hydrogen-bond acceptors (Lipinski definition) is 6. The molecular weight excluding hydrogens is 557 g/mol. The third-order valence-corrected chi connectivity index (χ3v) is 9.09. The van der Waals surface area contributed by atoms with Crippen molar-refractivity contribution in [2.24, 2.45) is 11.7 Å². The van der Waals surface area contributed by atoms with Gasteiger partial charge in [0.05, 0.1) is 19.8 Å². The number of likely N-dealkylation sites (N-methyl/N-ethyl adjacent to an activating group) is 1. The number of carbonyl (C=O) groups excluding carboxylic acids is 1. The molecule has 0 bridgehead atoms. The molecular formula is C35H43FN5O3+. The molecule has 1 aromatic carbocycles. The van der Waals surface area contributed by atoms with Crippen LogP contribution in [0, 0.1) is 11.9 Å². The van der Waals surface area contributed by atoms with Gasteiger partial charge in [0, 0.05) is 35.5 Å². The maximum absolute atomic E-state index is 13.2. The lowest BCUT2D eigenvalue weighted by Gasteiger charge is -2.49. The lowest BCUT2D eigenvalue weighted by molar-refractivity contribution is -0.922. The average molecular weight is 601 g/mol. The van der Waals surface area contributed by atoms with E-state index in [0.29, 0.717) is 42.1 Å². The fourth-order valence-corrected chi connectivity index (χ4v) is 6.60. The lowest BCUT2D eigenvalue weighted by Crippen LogP contribution is -2.68. The van der Waals surface area contributed by atoms with Crippen LogP contribution in [0.3, 0.4) is 0 Å². The highest BCUT2D eigenvalue weighted by Gasteiger charge is 2.54. The minimum absolute atomic E-state index is 0.0709. The molecule has 3 heterocycles. The molecule has 3 aromatic heterocycles. The third-order valence-electron chi connectivity index (χ3n) is 9.09. The molecule has 232 valence electrons. The van der Waals surface area contributed by atoms with Gasteiger partial charge in [0.2, 0.25) is 11.8 Å².